The Hall–Kier alpha value is -2.19. The molecule has 0 amide bonds. The van der Waals surface area contributed by atoms with Crippen molar-refractivity contribution in [2.75, 3.05) is 17.8 Å². The van der Waals surface area contributed by atoms with Gasteiger partial charge in [-0.3, -0.25) is 0 Å². The van der Waals surface area contributed by atoms with E-state index in [4.69, 9.17) is 16.7 Å². The molecule has 8 heteroatoms. The van der Waals surface area contributed by atoms with Gasteiger partial charge in [-0.15, -0.1) is 11.6 Å². The van der Waals surface area contributed by atoms with Crippen molar-refractivity contribution in [1.29, 1.82) is 0 Å². The van der Waals surface area contributed by atoms with Crippen molar-refractivity contribution < 1.29 is 15.3 Å². The highest BCUT2D eigenvalue weighted by molar-refractivity contribution is 6.18. The van der Waals surface area contributed by atoms with E-state index in [1.807, 2.05) is 37.3 Å². The molecule has 5 atom stereocenters. The van der Waals surface area contributed by atoms with Crippen molar-refractivity contribution in [3.63, 3.8) is 0 Å². The number of nitrogens with one attached hydrogen (secondary N) is 1. The summed E-state index contributed by atoms with van der Waals surface area (Å²) < 4.78 is 1.68. The minimum Gasteiger partial charge on any atom is -0.395 e. The summed E-state index contributed by atoms with van der Waals surface area (Å²) in [6.45, 7) is 5.77. The van der Waals surface area contributed by atoms with Crippen LogP contribution in [0.1, 0.15) is 18.9 Å². The third kappa shape index (κ3) is 3.67. The summed E-state index contributed by atoms with van der Waals surface area (Å²) in [6, 6.07) is 11.2. The molecule has 1 fully saturated rings. The lowest BCUT2D eigenvalue weighted by molar-refractivity contribution is 0.0256. The van der Waals surface area contributed by atoms with Crippen LogP contribution in [-0.2, 0) is 5.41 Å². The maximum atomic E-state index is 10.3. The third-order valence-electron chi connectivity index (χ3n) is 5.99. The van der Waals surface area contributed by atoms with Crippen LogP contribution in [0.5, 0.6) is 0 Å². The fourth-order valence-electron chi connectivity index (χ4n) is 3.87. The summed E-state index contributed by atoms with van der Waals surface area (Å²) in [4.78, 5) is 4.39. The highest BCUT2D eigenvalue weighted by atomic mass is 35.5. The van der Waals surface area contributed by atoms with E-state index < -0.39 is 17.6 Å². The van der Waals surface area contributed by atoms with Gasteiger partial charge in [0, 0.05) is 29.1 Å². The molecule has 1 aliphatic carbocycles. The summed E-state index contributed by atoms with van der Waals surface area (Å²) >= 11 is 6.10. The van der Waals surface area contributed by atoms with E-state index >= 15 is 0 Å². The Balaban J connectivity index is 1.68. The maximum absolute atomic E-state index is 10.3. The van der Waals surface area contributed by atoms with Crippen LogP contribution in [0.15, 0.2) is 42.6 Å². The summed E-state index contributed by atoms with van der Waals surface area (Å²) in [6.07, 6.45) is 0.489. The summed E-state index contributed by atoms with van der Waals surface area (Å²) in [5.74, 6) is 0.749. The van der Waals surface area contributed by atoms with E-state index in [0.717, 1.165) is 16.8 Å². The Morgan fingerprint density at radius 1 is 1.27 bits per heavy atom. The number of alkyl halides is 1. The molecular formula is C22H26ClN4O3. The number of hydrogen-bond acceptors (Lipinski definition) is 6. The van der Waals surface area contributed by atoms with Crippen LogP contribution in [0, 0.1) is 12.8 Å². The van der Waals surface area contributed by atoms with E-state index in [2.05, 4.69) is 17.2 Å². The molecular weight excluding hydrogens is 404 g/mol. The standard InChI is InChI=1S/C22H26ClN4O3/c1-13-8-17(21(30)20(13)29)25-18-6-7-24-19-10-16(26-27(18)19)14-4-3-5-15(9-14)22(2,11-23)12-28/h3-7,9-10,13,17,20-21,25,28-30H,1,8,11-12H2,2H3/t13-,17-,20-,21+,22?/m1/s1. The molecule has 2 aromatic heterocycles. The topological polar surface area (TPSA) is 103 Å². The number of aliphatic hydroxyl groups excluding tert-OH is 3. The number of hydrogen-bond donors (Lipinski definition) is 4. The molecule has 4 rings (SSSR count). The molecule has 0 saturated heterocycles. The Bertz CT molecular complexity index is 1040. The second-order valence-electron chi connectivity index (χ2n) is 8.29. The summed E-state index contributed by atoms with van der Waals surface area (Å²) in [7, 11) is 0. The molecule has 1 unspecified atom stereocenters. The Morgan fingerprint density at radius 3 is 2.73 bits per heavy atom. The second-order valence-corrected chi connectivity index (χ2v) is 8.56. The molecule has 3 aromatic rings. The van der Waals surface area contributed by atoms with Crippen LogP contribution in [0.2, 0.25) is 0 Å². The van der Waals surface area contributed by atoms with Crippen molar-refractivity contribution in [2.45, 2.75) is 37.0 Å². The molecule has 4 N–H and O–H groups in total. The van der Waals surface area contributed by atoms with Crippen LogP contribution < -0.4 is 5.32 Å². The predicted molar refractivity (Wildman–Crippen MR) is 116 cm³/mol. The highest BCUT2D eigenvalue weighted by Crippen LogP contribution is 2.31. The molecule has 7 nitrogen and oxygen atoms in total. The van der Waals surface area contributed by atoms with Crippen molar-refractivity contribution in [3.05, 3.63) is 55.1 Å². The number of fused-ring (bicyclic) bond motifs is 1. The number of aliphatic hydroxyl groups is 3. The fraction of sp³-hybridized carbons (Fsp3) is 0.409. The van der Waals surface area contributed by atoms with Crippen LogP contribution in [0.3, 0.4) is 0 Å². The lowest BCUT2D eigenvalue weighted by Gasteiger charge is -2.25. The first-order valence-corrected chi connectivity index (χ1v) is 10.5. The van der Waals surface area contributed by atoms with Crippen LogP contribution >= 0.6 is 11.6 Å². The summed E-state index contributed by atoms with van der Waals surface area (Å²) in [5, 5.41) is 38.0. The van der Waals surface area contributed by atoms with E-state index in [9.17, 15) is 15.3 Å². The zero-order chi connectivity index (χ0) is 21.5. The van der Waals surface area contributed by atoms with E-state index in [1.54, 1.807) is 16.8 Å². The monoisotopic (exact) mass is 429 g/mol. The van der Waals surface area contributed by atoms with Crippen molar-refractivity contribution in [3.8, 4) is 11.3 Å². The lowest BCUT2D eigenvalue weighted by atomic mass is 9.84. The average Bonchev–Trinajstić information content (AvgIpc) is 3.31. The van der Waals surface area contributed by atoms with Gasteiger partial charge in [-0.2, -0.15) is 9.61 Å². The predicted octanol–water partition coefficient (Wildman–Crippen LogP) is 2.24. The molecule has 1 aromatic carbocycles. The zero-order valence-electron chi connectivity index (χ0n) is 16.7. The van der Waals surface area contributed by atoms with Crippen molar-refractivity contribution in [1.82, 2.24) is 14.6 Å². The molecule has 2 heterocycles. The van der Waals surface area contributed by atoms with E-state index in [0.29, 0.717) is 23.8 Å². The van der Waals surface area contributed by atoms with Gasteiger partial charge in [0.1, 0.15) is 11.9 Å². The first-order valence-electron chi connectivity index (χ1n) is 9.94. The summed E-state index contributed by atoms with van der Waals surface area (Å²) in [5.41, 5.74) is 2.68. The highest BCUT2D eigenvalue weighted by Gasteiger charge is 2.39. The number of anilines is 1. The SMILES string of the molecule is [CH2][C@@H]1C[C@@H](Nc2ccnc3cc(-c4cccc(C(C)(CO)CCl)c4)nn23)[C@H](O)[C@@H]1O. The van der Waals surface area contributed by atoms with E-state index in [-0.39, 0.29) is 18.6 Å². The Kier molecular flexibility index (Phi) is 5.72. The molecule has 0 bridgehead atoms. The minimum atomic E-state index is -0.894. The molecule has 30 heavy (non-hydrogen) atoms. The quantitative estimate of drug-likeness (QED) is 0.448. The van der Waals surface area contributed by atoms with Gasteiger partial charge in [0.25, 0.3) is 0 Å². The lowest BCUT2D eigenvalue weighted by Crippen LogP contribution is -2.35. The second kappa shape index (κ2) is 8.15. The molecule has 0 aliphatic heterocycles. The van der Waals surface area contributed by atoms with Crippen LogP contribution in [0.4, 0.5) is 5.82 Å². The first-order chi connectivity index (χ1) is 14.4. The normalized spacial score (nSPS) is 26.1. The Morgan fingerprint density at radius 2 is 2.07 bits per heavy atom. The van der Waals surface area contributed by atoms with Crippen LogP contribution in [-0.4, -0.2) is 60.7 Å². The molecule has 0 spiro atoms. The number of aromatic nitrogens is 3. The van der Waals surface area contributed by atoms with Gasteiger partial charge in [-0.05, 0) is 37.0 Å². The van der Waals surface area contributed by atoms with Crippen LogP contribution in [0.25, 0.3) is 16.9 Å². The maximum Gasteiger partial charge on any atom is 0.157 e. The number of rotatable bonds is 6. The molecule has 1 radical (unpaired) electrons. The van der Waals surface area contributed by atoms with Gasteiger partial charge in [0.15, 0.2) is 5.65 Å². The number of benzene rings is 1. The third-order valence-corrected chi connectivity index (χ3v) is 6.58. The van der Waals surface area contributed by atoms with Crippen molar-refractivity contribution in [2.24, 2.45) is 5.92 Å². The number of halogens is 1. The average molecular weight is 430 g/mol. The largest absolute Gasteiger partial charge is 0.395 e. The van der Waals surface area contributed by atoms with E-state index in [1.165, 1.54) is 0 Å². The fourth-order valence-corrected chi connectivity index (χ4v) is 4.11. The van der Waals surface area contributed by atoms with Crippen molar-refractivity contribution >= 4 is 23.1 Å². The van der Waals surface area contributed by atoms with Gasteiger partial charge < -0.3 is 20.6 Å². The first kappa shape index (κ1) is 21.1. The number of nitrogens with zero attached hydrogens (tertiary/aromatic N) is 3. The smallest absolute Gasteiger partial charge is 0.157 e. The molecule has 1 saturated carbocycles. The zero-order valence-corrected chi connectivity index (χ0v) is 17.5. The van der Waals surface area contributed by atoms with Gasteiger partial charge in [-0.1, -0.05) is 25.1 Å². The van der Waals surface area contributed by atoms with Gasteiger partial charge in [-0.25, -0.2) is 4.98 Å². The Labute approximate surface area is 180 Å². The van der Waals surface area contributed by atoms with Gasteiger partial charge in [0.2, 0.25) is 0 Å². The van der Waals surface area contributed by atoms with Gasteiger partial charge >= 0.3 is 0 Å². The minimum absolute atomic E-state index is 0.0520. The molecule has 159 valence electrons. The molecule has 1 aliphatic rings. The van der Waals surface area contributed by atoms with Gasteiger partial charge in [0.05, 0.1) is 24.4 Å².